The molecule has 0 spiro atoms. The molecule has 2 heterocycles. The van der Waals surface area contributed by atoms with Crippen LogP contribution in [0, 0.1) is 18.3 Å². The maximum absolute atomic E-state index is 9.08. The first-order valence-electron chi connectivity index (χ1n) is 6.42. The Morgan fingerprint density at radius 2 is 2.00 bits per heavy atom. The van der Waals surface area contributed by atoms with E-state index >= 15 is 0 Å². The summed E-state index contributed by atoms with van der Waals surface area (Å²) in [6.07, 6.45) is 0.621. The van der Waals surface area contributed by atoms with Crippen molar-refractivity contribution in [1.82, 2.24) is 0 Å². The number of nitrogen functional groups attached to an aromatic ring is 1. The lowest BCUT2D eigenvalue weighted by Gasteiger charge is -2.00. The fraction of sp³-hybridized carbons (Fsp3) is 0.188. The van der Waals surface area contributed by atoms with Crippen molar-refractivity contribution in [1.29, 1.82) is 5.26 Å². The smallest absolute Gasteiger partial charge is 0.202 e. The molecule has 20 heavy (non-hydrogen) atoms. The number of hydrogen-bond acceptors (Lipinski definition) is 4. The summed E-state index contributed by atoms with van der Waals surface area (Å²) in [5.41, 5.74) is 9.33. The van der Waals surface area contributed by atoms with Gasteiger partial charge < -0.3 is 14.9 Å². The van der Waals surface area contributed by atoms with Gasteiger partial charge in [-0.05, 0) is 13.0 Å². The van der Waals surface area contributed by atoms with Crippen LogP contribution in [0.4, 0.5) is 5.88 Å². The molecule has 3 rings (SSSR count). The summed E-state index contributed by atoms with van der Waals surface area (Å²) in [5, 5.41) is 9.08. The van der Waals surface area contributed by atoms with Crippen LogP contribution >= 0.6 is 0 Å². The summed E-state index contributed by atoms with van der Waals surface area (Å²) in [4.78, 5) is 0. The normalized spacial score (nSPS) is 14.2. The third kappa shape index (κ3) is 2.04. The van der Waals surface area contributed by atoms with E-state index in [0.29, 0.717) is 35.7 Å². The maximum atomic E-state index is 9.08. The van der Waals surface area contributed by atoms with Crippen LogP contribution < -0.4 is 5.73 Å². The van der Waals surface area contributed by atoms with Gasteiger partial charge in [-0.15, -0.1) is 0 Å². The Morgan fingerprint density at radius 3 is 2.70 bits per heavy atom. The Morgan fingerprint density at radius 1 is 1.25 bits per heavy atom. The van der Waals surface area contributed by atoms with Gasteiger partial charge in [0.15, 0.2) is 0 Å². The summed E-state index contributed by atoms with van der Waals surface area (Å²) in [6, 6.07) is 12.0. The van der Waals surface area contributed by atoms with Gasteiger partial charge >= 0.3 is 0 Å². The number of furan rings is 1. The molecule has 0 unspecified atom stereocenters. The topological polar surface area (TPSA) is 72.2 Å². The summed E-state index contributed by atoms with van der Waals surface area (Å²) in [6.45, 7) is 2.55. The minimum Gasteiger partial charge on any atom is -0.491 e. The fourth-order valence-corrected chi connectivity index (χ4v) is 2.25. The standard InChI is InChI=1S/C16H14N2O2/c1-10-2-4-11(5-3-10)14-8-13(16(18)20-14)15-12(9-17)6-7-19-15/h2-5,8H,6-7,18H2,1H3. The summed E-state index contributed by atoms with van der Waals surface area (Å²) in [5.74, 6) is 1.51. The van der Waals surface area contributed by atoms with Gasteiger partial charge in [-0.25, -0.2) is 0 Å². The molecule has 1 aliphatic heterocycles. The van der Waals surface area contributed by atoms with Crippen LogP contribution in [-0.4, -0.2) is 6.61 Å². The van der Waals surface area contributed by atoms with Crippen molar-refractivity contribution in [2.75, 3.05) is 12.3 Å². The van der Waals surface area contributed by atoms with E-state index in [1.807, 2.05) is 37.3 Å². The molecule has 1 aromatic carbocycles. The molecule has 0 saturated carbocycles. The highest BCUT2D eigenvalue weighted by Crippen LogP contribution is 2.36. The van der Waals surface area contributed by atoms with E-state index in [-0.39, 0.29) is 5.88 Å². The predicted molar refractivity (Wildman–Crippen MR) is 76.4 cm³/mol. The fourth-order valence-electron chi connectivity index (χ4n) is 2.25. The molecule has 4 nitrogen and oxygen atoms in total. The average molecular weight is 266 g/mol. The molecule has 2 aromatic rings. The minimum absolute atomic E-state index is 0.283. The van der Waals surface area contributed by atoms with Gasteiger partial charge in [0.05, 0.1) is 23.8 Å². The monoisotopic (exact) mass is 266 g/mol. The van der Waals surface area contributed by atoms with Crippen LogP contribution in [0.25, 0.3) is 17.1 Å². The number of nitrogens with zero attached hydrogens (tertiary/aromatic N) is 1. The lowest BCUT2D eigenvalue weighted by molar-refractivity contribution is 0.307. The second kappa shape index (κ2) is 4.78. The van der Waals surface area contributed by atoms with Crippen molar-refractivity contribution in [2.24, 2.45) is 0 Å². The van der Waals surface area contributed by atoms with E-state index in [2.05, 4.69) is 6.07 Å². The van der Waals surface area contributed by atoms with E-state index in [1.54, 1.807) is 0 Å². The zero-order chi connectivity index (χ0) is 14.1. The number of aryl methyl sites for hydroxylation is 1. The lowest BCUT2D eigenvalue weighted by Crippen LogP contribution is -1.90. The van der Waals surface area contributed by atoms with Crippen LogP contribution in [0.5, 0.6) is 0 Å². The summed E-state index contributed by atoms with van der Waals surface area (Å²) >= 11 is 0. The van der Waals surface area contributed by atoms with Crippen LogP contribution in [0.3, 0.4) is 0 Å². The van der Waals surface area contributed by atoms with Crippen LogP contribution in [0.1, 0.15) is 17.5 Å². The summed E-state index contributed by atoms with van der Waals surface area (Å²) in [7, 11) is 0. The molecule has 0 atom stereocenters. The van der Waals surface area contributed by atoms with Gasteiger partial charge in [0.1, 0.15) is 11.5 Å². The Bertz CT molecular complexity index is 718. The van der Waals surface area contributed by atoms with Gasteiger partial charge in [0.2, 0.25) is 5.88 Å². The largest absolute Gasteiger partial charge is 0.491 e. The summed E-state index contributed by atoms with van der Waals surface area (Å²) < 4.78 is 11.1. The number of nitrogens with two attached hydrogens (primary N) is 1. The number of benzene rings is 1. The average Bonchev–Trinajstić information content (AvgIpc) is 3.05. The number of rotatable bonds is 2. The predicted octanol–water partition coefficient (Wildman–Crippen LogP) is 3.49. The van der Waals surface area contributed by atoms with E-state index in [9.17, 15) is 0 Å². The van der Waals surface area contributed by atoms with E-state index in [4.69, 9.17) is 20.1 Å². The molecule has 0 radical (unpaired) electrons. The second-order valence-electron chi connectivity index (χ2n) is 4.77. The molecule has 0 saturated heterocycles. The highest BCUT2D eigenvalue weighted by molar-refractivity contribution is 5.77. The van der Waals surface area contributed by atoms with Crippen LogP contribution in [-0.2, 0) is 4.74 Å². The Kier molecular flexibility index (Phi) is 2.96. The quantitative estimate of drug-likeness (QED) is 0.903. The van der Waals surface area contributed by atoms with E-state index in [1.165, 1.54) is 5.56 Å². The number of ether oxygens (including phenoxy) is 1. The highest BCUT2D eigenvalue weighted by Gasteiger charge is 2.23. The molecule has 0 aliphatic carbocycles. The van der Waals surface area contributed by atoms with Crippen molar-refractivity contribution in [3.63, 3.8) is 0 Å². The highest BCUT2D eigenvalue weighted by atomic mass is 16.5. The van der Waals surface area contributed by atoms with E-state index in [0.717, 1.165) is 5.56 Å². The first-order valence-corrected chi connectivity index (χ1v) is 6.42. The molecular formula is C16H14N2O2. The first kappa shape index (κ1) is 12.4. The van der Waals surface area contributed by atoms with Crippen molar-refractivity contribution in [3.05, 3.63) is 47.0 Å². The molecule has 1 aromatic heterocycles. The zero-order valence-corrected chi connectivity index (χ0v) is 11.1. The Labute approximate surface area is 117 Å². The molecule has 0 fully saturated rings. The lowest BCUT2D eigenvalue weighted by atomic mass is 10.1. The van der Waals surface area contributed by atoms with Crippen molar-refractivity contribution < 1.29 is 9.15 Å². The number of anilines is 1. The maximum Gasteiger partial charge on any atom is 0.202 e. The van der Waals surface area contributed by atoms with Crippen molar-refractivity contribution in [3.8, 4) is 17.4 Å². The molecule has 0 bridgehead atoms. The molecule has 100 valence electrons. The van der Waals surface area contributed by atoms with E-state index < -0.39 is 0 Å². The third-order valence-electron chi connectivity index (χ3n) is 3.35. The Hall–Kier alpha value is -2.67. The van der Waals surface area contributed by atoms with Crippen molar-refractivity contribution >= 4 is 11.6 Å². The van der Waals surface area contributed by atoms with Gasteiger partial charge in [-0.2, -0.15) is 5.26 Å². The van der Waals surface area contributed by atoms with Crippen molar-refractivity contribution in [2.45, 2.75) is 13.3 Å². The molecule has 4 heteroatoms. The van der Waals surface area contributed by atoms with Gasteiger partial charge in [0, 0.05) is 12.0 Å². The molecule has 2 N–H and O–H groups in total. The SMILES string of the molecule is Cc1ccc(-c2cc(C3=C(C#N)CCO3)c(N)o2)cc1. The third-order valence-corrected chi connectivity index (χ3v) is 3.35. The number of nitriles is 1. The second-order valence-corrected chi connectivity index (χ2v) is 4.77. The first-order chi connectivity index (χ1) is 9.69. The zero-order valence-electron chi connectivity index (χ0n) is 11.1. The van der Waals surface area contributed by atoms with Crippen LogP contribution in [0.15, 0.2) is 40.3 Å². The van der Waals surface area contributed by atoms with Gasteiger partial charge in [-0.3, -0.25) is 0 Å². The molecular weight excluding hydrogens is 252 g/mol. The van der Waals surface area contributed by atoms with Crippen LogP contribution in [0.2, 0.25) is 0 Å². The minimum atomic E-state index is 0.283. The van der Waals surface area contributed by atoms with Gasteiger partial charge in [-0.1, -0.05) is 29.8 Å². The molecule has 0 amide bonds. The molecule has 1 aliphatic rings. The number of hydrogen-bond donors (Lipinski definition) is 1. The Balaban J connectivity index is 2.04. The van der Waals surface area contributed by atoms with Gasteiger partial charge in [0.25, 0.3) is 0 Å².